The van der Waals surface area contributed by atoms with E-state index in [0.29, 0.717) is 0 Å². The van der Waals surface area contributed by atoms with E-state index in [1.807, 2.05) is 17.7 Å². The Morgan fingerprint density at radius 1 is 1.29 bits per heavy atom. The molecule has 0 saturated carbocycles. The lowest BCUT2D eigenvalue weighted by Crippen LogP contribution is -2.06. The minimum Gasteiger partial charge on any atom is -0.289 e. The van der Waals surface area contributed by atoms with Crippen LogP contribution in [0.5, 0.6) is 0 Å². The van der Waals surface area contributed by atoms with Gasteiger partial charge in [0, 0.05) is 18.1 Å². The van der Waals surface area contributed by atoms with Gasteiger partial charge in [0.05, 0.1) is 0 Å². The van der Waals surface area contributed by atoms with Gasteiger partial charge in [0.25, 0.3) is 0 Å². The number of hydrogen-bond donors (Lipinski definition) is 0. The third-order valence-corrected chi connectivity index (χ3v) is 4.23. The van der Waals surface area contributed by atoms with E-state index >= 15 is 0 Å². The van der Waals surface area contributed by atoms with Crippen molar-refractivity contribution in [3.8, 4) is 0 Å². The largest absolute Gasteiger partial charge is 0.289 e. The van der Waals surface area contributed by atoms with Crippen LogP contribution in [-0.2, 0) is 0 Å². The van der Waals surface area contributed by atoms with E-state index in [1.54, 1.807) is 18.0 Å². The Kier molecular flexibility index (Phi) is 7.53. The van der Waals surface area contributed by atoms with Crippen molar-refractivity contribution in [2.75, 3.05) is 5.75 Å². The molecule has 0 aliphatic heterocycles. The van der Waals surface area contributed by atoms with Crippen LogP contribution in [0.2, 0.25) is 0 Å². The van der Waals surface area contributed by atoms with Crippen molar-refractivity contribution in [3.05, 3.63) is 18.2 Å². The Hall–Kier alpha value is -0.350. The summed E-state index contributed by atoms with van der Waals surface area (Å²) in [7, 11) is 0. The van der Waals surface area contributed by atoms with Gasteiger partial charge in [-0.2, -0.15) is 0 Å². The highest BCUT2D eigenvalue weighted by Crippen LogP contribution is 2.13. The standard InChI is InChI=1S/C13H22N2S2/c1-3-4-5-6-7-8-11-17-13(16)15-10-9-14-12(15)2/h9-10H,3-8,11H2,1-2H3. The van der Waals surface area contributed by atoms with Crippen LogP contribution in [0, 0.1) is 6.92 Å². The number of nitrogens with zero attached hydrogens (tertiary/aromatic N) is 2. The van der Waals surface area contributed by atoms with Gasteiger partial charge in [-0.05, 0) is 13.3 Å². The summed E-state index contributed by atoms with van der Waals surface area (Å²) in [6.07, 6.45) is 11.8. The number of thioether (sulfide) groups is 1. The van der Waals surface area contributed by atoms with Crippen LogP contribution in [-0.4, -0.2) is 19.6 Å². The zero-order valence-corrected chi connectivity index (χ0v) is 12.4. The number of aromatic nitrogens is 2. The molecule has 0 aromatic carbocycles. The van der Waals surface area contributed by atoms with Gasteiger partial charge in [0.15, 0.2) is 0 Å². The molecule has 1 aromatic heterocycles. The summed E-state index contributed by atoms with van der Waals surface area (Å²) in [5, 5.41) is 0. The first kappa shape index (κ1) is 14.7. The number of aryl methyl sites for hydroxylation is 1. The Morgan fingerprint density at radius 3 is 2.65 bits per heavy atom. The van der Waals surface area contributed by atoms with Crippen molar-refractivity contribution >= 4 is 28.3 Å². The molecule has 0 saturated heterocycles. The zero-order chi connectivity index (χ0) is 12.5. The Balaban J connectivity index is 2.07. The summed E-state index contributed by atoms with van der Waals surface area (Å²) < 4.78 is 2.91. The fourth-order valence-corrected chi connectivity index (χ4v) is 2.98. The van der Waals surface area contributed by atoms with Crippen molar-refractivity contribution < 1.29 is 0 Å². The Bertz CT molecular complexity index is 334. The molecule has 0 aliphatic carbocycles. The van der Waals surface area contributed by atoms with Crippen molar-refractivity contribution in [1.82, 2.24) is 9.55 Å². The summed E-state index contributed by atoms with van der Waals surface area (Å²) in [6, 6.07) is 0. The van der Waals surface area contributed by atoms with E-state index in [-0.39, 0.29) is 0 Å². The first-order valence-electron chi connectivity index (χ1n) is 6.42. The number of imidazole rings is 1. The highest BCUT2D eigenvalue weighted by Gasteiger charge is 2.03. The fourth-order valence-electron chi connectivity index (χ4n) is 1.68. The average molecular weight is 270 g/mol. The summed E-state index contributed by atoms with van der Waals surface area (Å²) in [4.78, 5) is 4.18. The van der Waals surface area contributed by atoms with Crippen LogP contribution < -0.4 is 0 Å². The molecule has 4 heteroatoms. The van der Waals surface area contributed by atoms with Crippen LogP contribution in [0.15, 0.2) is 12.4 Å². The number of rotatable bonds is 7. The topological polar surface area (TPSA) is 17.8 Å². The van der Waals surface area contributed by atoms with Gasteiger partial charge in [-0.3, -0.25) is 4.57 Å². The van der Waals surface area contributed by atoms with Gasteiger partial charge in [-0.25, -0.2) is 4.98 Å². The van der Waals surface area contributed by atoms with Crippen LogP contribution in [0.25, 0.3) is 0 Å². The summed E-state index contributed by atoms with van der Waals surface area (Å²) in [5.74, 6) is 2.10. The molecule has 0 radical (unpaired) electrons. The minimum atomic E-state index is 0.925. The van der Waals surface area contributed by atoms with Crippen molar-refractivity contribution in [2.45, 2.75) is 52.4 Å². The second-order valence-electron chi connectivity index (χ2n) is 4.23. The quantitative estimate of drug-likeness (QED) is 0.539. The molecule has 2 nitrogen and oxygen atoms in total. The molecule has 0 atom stereocenters. The van der Waals surface area contributed by atoms with Gasteiger partial charge >= 0.3 is 0 Å². The predicted octanol–water partition coefficient (Wildman–Crippen LogP) is 4.42. The molecule has 0 N–H and O–H groups in total. The van der Waals surface area contributed by atoms with E-state index in [1.165, 1.54) is 38.5 Å². The summed E-state index contributed by atoms with van der Waals surface area (Å²) in [5.41, 5.74) is 0. The third kappa shape index (κ3) is 5.68. The molecular formula is C13H22N2S2. The summed E-state index contributed by atoms with van der Waals surface area (Å²) >= 11 is 7.13. The predicted molar refractivity (Wildman–Crippen MR) is 80.8 cm³/mol. The lowest BCUT2D eigenvalue weighted by Gasteiger charge is -2.06. The smallest absolute Gasteiger partial charge is 0.145 e. The van der Waals surface area contributed by atoms with Crippen LogP contribution in [0.3, 0.4) is 0 Å². The molecule has 17 heavy (non-hydrogen) atoms. The highest BCUT2D eigenvalue weighted by molar-refractivity contribution is 8.23. The molecule has 1 heterocycles. The first-order valence-corrected chi connectivity index (χ1v) is 7.82. The van der Waals surface area contributed by atoms with E-state index in [9.17, 15) is 0 Å². The fraction of sp³-hybridized carbons (Fsp3) is 0.692. The van der Waals surface area contributed by atoms with Gasteiger partial charge in [-0.1, -0.05) is 63.0 Å². The van der Waals surface area contributed by atoms with E-state index < -0.39 is 0 Å². The lowest BCUT2D eigenvalue weighted by atomic mass is 10.1. The lowest BCUT2D eigenvalue weighted by molar-refractivity contribution is 0.627. The SMILES string of the molecule is CCCCCCCCSC(=S)n1ccnc1C. The Morgan fingerprint density at radius 2 is 2.00 bits per heavy atom. The van der Waals surface area contributed by atoms with Crippen LogP contribution in [0.1, 0.15) is 51.3 Å². The third-order valence-electron chi connectivity index (χ3n) is 2.75. The van der Waals surface area contributed by atoms with Crippen LogP contribution in [0.4, 0.5) is 0 Å². The van der Waals surface area contributed by atoms with Crippen molar-refractivity contribution in [1.29, 1.82) is 0 Å². The van der Waals surface area contributed by atoms with Gasteiger partial charge < -0.3 is 0 Å². The second kappa shape index (κ2) is 8.70. The first-order chi connectivity index (χ1) is 8.25. The monoisotopic (exact) mass is 270 g/mol. The second-order valence-corrected chi connectivity index (χ2v) is 5.96. The molecular weight excluding hydrogens is 248 g/mol. The molecule has 0 spiro atoms. The van der Waals surface area contributed by atoms with Crippen molar-refractivity contribution in [3.63, 3.8) is 0 Å². The van der Waals surface area contributed by atoms with Crippen molar-refractivity contribution in [2.24, 2.45) is 0 Å². The minimum absolute atomic E-state index is 0.925. The molecule has 0 amide bonds. The molecule has 1 aromatic rings. The van der Waals surface area contributed by atoms with Gasteiger partial charge in [0.2, 0.25) is 0 Å². The zero-order valence-electron chi connectivity index (χ0n) is 10.8. The number of thiocarbonyl (C=S) groups is 1. The molecule has 96 valence electrons. The molecule has 0 fully saturated rings. The molecule has 0 unspecified atom stereocenters. The highest BCUT2D eigenvalue weighted by atomic mass is 32.2. The maximum Gasteiger partial charge on any atom is 0.145 e. The van der Waals surface area contributed by atoms with Gasteiger partial charge in [-0.15, -0.1) is 0 Å². The number of unbranched alkanes of at least 4 members (excludes halogenated alkanes) is 5. The molecule has 1 rings (SSSR count). The molecule has 0 bridgehead atoms. The maximum absolute atomic E-state index is 5.37. The molecule has 0 aliphatic rings. The van der Waals surface area contributed by atoms with E-state index in [0.717, 1.165) is 15.9 Å². The normalized spacial score (nSPS) is 10.7. The maximum atomic E-state index is 5.37. The average Bonchev–Trinajstić information content (AvgIpc) is 2.74. The summed E-state index contributed by atoms with van der Waals surface area (Å²) in [6.45, 7) is 4.24. The van der Waals surface area contributed by atoms with E-state index in [4.69, 9.17) is 12.2 Å². The Labute approximate surface area is 114 Å². The van der Waals surface area contributed by atoms with Gasteiger partial charge in [0.1, 0.15) is 10.1 Å². The van der Waals surface area contributed by atoms with Crippen LogP contribution >= 0.6 is 24.0 Å². The van der Waals surface area contributed by atoms with E-state index in [2.05, 4.69) is 11.9 Å². The number of hydrogen-bond acceptors (Lipinski definition) is 3.